The van der Waals surface area contributed by atoms with E-state index < -0.39 is 12.1 Å². The van der Waals surface area contributed by atoms with Crippen LogP contribution in [0.15, 0.2) is 46.9 Å². The molecule has 0 N–H and O–H groups in total. The van der Waals surface area contributed by atoms with Crippen LogP contribution in [0.4, 0.5) is 0 Å². The van der Waals surface area contributed by atoms with E-state index >= 15 is 0 Å². The fourth-order valence-electron chi connectivity index (χ4n) is 2.33. The number of carbonyl (C=O) groups is 1. The van der Waals surface area contributed by atoms with Crippen molar-refractivity contribution >= 4 is 17.6 Å². The summed E-state index contributed by atoms with van der Waals surface area (Å²) in [6.07, 6.45) is -0.724. The largest absolute Gasteiger partial charge is 0.496 e. The molecule has 1 aromatic heterocycles. The maximum absolute atomic E-state index is 12.4. The lowest BCUT2D eigenvalue weighted by Crippen LogP contribution is -2.11. The molecule has 0 aliphatic heterocycles. The first-order valence-corrected chi connectivity index (χ1v) is 8.30. The van der Waals surface area contributed by atoms with E-state index in [1.54, 1.807) is 19.1 Å². The van der Waals surface area contributed by atoms with Crippen LogP contribution in [-0.2, 0) is 4.74 Å². The molecule has 0 spiro atoms. The number of halogens is 1. The molecule has 0 saturated carbocycles. The van der Waals surface area contributed by atoms with Gasteiger partial charge >= 0.3 is 5.97 Å². The Morgan fingerprint density at radius 3 is 2.58 bits per heavy atom. The predicted octanol–water partition coefficient (Wildman–Crippen LogP) is 4.63. The fourth-order valence-corrected chi connectivity index (χ4v) is 2.50. The third-order valence-electron chi connectivity index (χ3n) is 3.75. The van der Waals surface area contributed by atoms with Crippen molar-refractivity contribution in [2.45, 2.75) is 20.0 Å². The smallest absolute Gasteiger partial charge is 0.342 e. The molecule has 6 nitrogen and oxygen atoms in total. The number of benzene rings is 2. The van der Waals surface area contributed by atoms with Crippen molar-refractivity contribution in [3.05, 3.63) is 64.5 Å². The Balaban J connectivity index is 1.76. The van der Waals surface area contributed by atoms with Crippen molar-refractivity contribution in [1.29, 1.82) is 0 Å². The molecule has 1 unspecified atom stereocenters. The van der Waals surface area contributed by atoms with Gasteiger partial charge in [-0.3, -0.25) is 0 Å². The minimum atomic E-state index is -0.724. The number of rotatable bonds is 5. The third-order valence-corrected chi connectivity index (χ3v) is 3.99. The molecule has 7 heteroatoms. The summed E-state index contributed by atoms with van der Waals surface area (Å²) >= 11 is 5.95. The molecule has 0 fully saturated rings. The van der Waals surface area contributed by atoms with Gasteiger partial charge in [0.05, 0.1) is 7.11 Å². The second kappa shape index (κ2) is 7.58. The average Bonchev–Trinajstić information content (AvgIpc) is 3.12. The van der Waals surface area contributed by atoms with E-state index in [9.17, 15) is 4.79 Å². The molecular weight excluding hydrogens is 356 g/mol. The summed E-state index contributed by atoms with van der Waals surface area (Å²) < 4.78 is 16.2. The topological polar surface area (TPSA) is 74.5 Å². The van der Waals surface area contributed by atoms with Crippen LogP contribution in [-0.4, -0.2) is 23.3 Å². The number of esters is 1. The Labute approximate surface area is 155 Å². The highest BCUT2D eigenvalue weighted by molar-refractivity contribution is 6.31. The molecule has 26 heavy (non-hydrogen) atoms. The zero-order valence-electron chi connectivity index (χ0n) is 14.5. The maximum Gasteiger partial charge on any atom is 0.342 e. The Kier molecular flexibility index (Phi) is 5.23. The molecule has 0 aliphatic carbocycles. The van der Waals surface area contributed by atoms with Gasteiger partial charge in [-0.25, -0.2) is 4.79 Å². The van der Waals surface area contributed by atoms with Crippen LogP contribution in [0.5, 0.6) is 5.75 Å². The first-order chi connectivity index (χ1) is 12.5. The van der Waals surface area contributed by atoms with Crippen LogP contribution in [0.2, 0.25) is 5.02 Å². The highest BCUT2D eigenvalue weighted by atomic mass is 35.5. The molecule has 1 atom stereocenters. The number of ether oxygens (including phenoxy) is 2. The van der Waals surface area contributed by atoms with Crippen molar-refractivity contribution in [2.24, 2.45) is 0 Å². The molecule has 3 aromatic rings. The van der Waals surface area contributed by atoms with Crippen LogP contribution in [0.3, 0.4) is 0 Å². The fraction of sp³-hybridized carbons (Fsp3) is 0.211. The monoisotopic (exact) mass is 372 g/mol. The summed E-state index contributed by atoms with van der Waals surface area (Å²) in [5.41, 5.74) is 2.15. The van der Waals surface area contributed by atoms with Gasteiger partial charge in [-0.15, -0.1) is 10.2 Å². The Morgan fingerprint density at radius 2 is 1.88 bits per heavy atom. The molecular formula is C19H17ClN2O4. The lowest BCUT2D eigenvalue weighted by molar-refractivity contribution is 0.0276. The van der Waals surface area contributed by atoms with Gasteiger partial charge in [-0.2, -0.15) is 0 Å². The van der Waals surface area contributed by atoms with Gasteiger partial charge in [0.2, 0.25) is 5.89 Å². The first-order valence-electron chi connectivity index (χ1n) is 7.93. The summed E-state index contributed by atoms with van der Waals surface area (Å²) in [7, 11) is 1.47. The van der Waals surface area contributed by atoms with Gasteiger partial charge in [-0.1, -0.05) is 29.3 Å². The van der Waals surface area contributed by atoms with E-state index in [0.717, 1.165) is 11.1 Å². The number of nitrogens with zero attached hydrogens (tertiary/aromatic N) is 2. The van der Waals surface area contributed by atoms with Crippen LogP contribution >= 0.6 is 11.6 Å². The van der Waals surface area contributed by atoms with Gasteiger partial charge in [-0.05, 0) is 44.2 Å². The molecule has 0 radical (unpaired) electrons. The van der Waals surface area contributed by atoms with Crippen LogP contribution in [0.1, 0.15) is 34.8 Å². The summed E-state index contributed by atoms with van der Waals surface area (Å²) in [5, 5.41) is 8.39. The quantitative estimate of drug-likeness (QED) is 0.608. The van der Waals surface area contributed by atoms with Crippen LogP contribution < -0.4 is 4.74 Å². The Morgan fingerprint density at radius 1 is 1.15 bits per heavy atom. The second-order valence-corrected chi connectivity index (χ2v) is 6.14. The average molecular weight is 373 g/mol. The van der Waals surface area contributed by atoms with Gasteiger partial charge < -0.3 is 13.9 Å². The standard InChI is InChI=1S/C19H17ClN2O4/c1-11-4-6-13(7-5-11)18-22-21-17(26-18)12(2)25-19(23)15-10-14(20)8-9-16(15)24-3/h4-10,12H,1-3H3. The molecule has 3 rings (SSSR count). The number of aromatic nitrogens is 2. The van der Waals surface area contributed by atoms with Gasteiger partial charge in [0.25, 0.3) is 5.89 Å². The number of methoxy groups -OCH3 is 1. The predicted molar refractivity (Wildman–Crippen MR) is 96.3 cm³/mol. The van der Waals surface area contributed by atoms with E-state index in [4.69, 9.17) is 25.5 Å². The SMILES string of the molecule is COc1ccc(Cl)cc1C(=O)OC(C)c1nnc(-c2ccc(C)cc2)o1. The molecule has 1 heterocycles. The van der Waals surface area contributed by atoms with Crippen molar-refractivity contribution in [3.63, 3.8) is 0 Å². The summed E-state index contributed by atoms with van der Waals surface area (Å²) in [5.74, 6) is 0.350. The molecule has 0 aliphatic rings. The minimum Gasteiger partial charge on any atom is -0.496 e. The van der Waals surface area contributed by atoms with E-state index in [2.05, 4.69) is 10.2 Å². The Hall–Kier alpha value is -2.86. The summed E-state index contributed by atoms with van der Waals surface area (Å²) in [6.45, 7) is 3.65. The molecule has 0 saturated heterocycles. The zero-order chi connectivity index (χ0) is 18.7. The van der Waals surface area contributed by atoms with E-state index in [-0.39, 0.29) is 11.5 Å². The maximum atomic E-state index is 12.4. The highest BCUT2D eigenvalue weighted by Gasteiger charge is 2.22. The van der Waals surface area contributed by atoms with Crippen molar-refractivity contribution in [2.75, 3.05) is 7.11 Å². The highest BCUT2D eigenvalue weighted by Crippen LogP contribution is 2.27. The van der Waals surface area contributed by atoms with E-state index in [1.807, 2.05) is 31.2 Å². The van der Waals surface area contributed by atoms with E-state index in [1.165, 1.54) is 13.2 Å². The third kappa shape index (κ3) is 3.86. The first kappa shape index (κ1) is 17.9. The lowest BCUT2D eigenvalue weighted by Gasteiger charge is -2.12. The van der Waals surface area contributed by atoms with Gasteiger partial charge in [0.1, 0.15) is 11.3 Å². The van der Waals surface area contributed by atoms with Crippen molar-refractivity contribution in [3.8, 4) is 17.2 Å². The zero-order valence-corrected chi connectivity index (χ0v) is 15.3. The number of aryl methyl sites for hydroxylation is 1. The molecule has 2 aromatic carbocycles. The second-order valence-electron chi connectivity index (χ2n) is 5.70. The molecule has 134 valence electrons. The number of hydrogen-bond acceptors (Lipinski definition) is 6. The minimum absolute atomic E-state index is 0.204. The summed E-state index contributed by atoms with van der Waals surface area (Å²) in [6, 6.07) is 12.4. The lowest BCUT2D eigenvalue weighted by atomic mass is 10.1. The number of hydrogen-bond donors (Lipinski definition) is 0. The van der Waals surface area contributed by atoms with Gasteiger partial charge in [0, 0.05) is 10.6 Å². The molecule has 0 amide bonds. The van der Waals surface area contributed by atoms with Crippen LogP contribution in [0.25, 0.3) is 11.5 Å². The normalized spacial score (nSPS) is 11.8. The van der Waals surface area contributed by atoms with Crippen LogP contribution in [0, 0.1) is 6.92 Å². The Bertz CT molecular complexity index is 922. The van der Waals surface area contributed by atoms with E-state index in [0.29, 0.717) is 16.7 Å². The van der Waals surface area contributed by atoms with Crippen molar-refractivity contribution < 1.29 is 18.7 Å². The van der Waals surface area contributed by atoms with Crippen molar-refractivity contribution in [1.82, 2.24) is 10.2 Å². The number of carbonyl (C=O) groups excluding carboxylic acids is 1. The summed E-state index contributed by atoms with van der Waals surface area (Å²) in [4.78, 5) is 12.4. The van der Waals surface area contributed by atoms with Gasteiger partial charge in [0.15, 0.2) is 6.10 Å². The molecule has 0 bridgehead atoms.